The molecular formula is C13H23NO5. The largest absolute Gasteiger partial charge is 0.467 e. The van der Waals surface area contributed by atoms with Crippen LogP contribution in [0.2, 0.25) is 0 Å². The monoisotopic (exact) mass is 273 g/mol. The van der Waals surface area contributed by atoms with Crippen LogP contribution in [-0.4, -0.2) is 57.8 Å². The van der Waals surface area contributed by atoms with Gasteiger partial charge in [-0.3, -0.25) is 0 Å². The van der Waals surface area contributed by atoms with E-state index in [1.807, 2.05) is 6.07 Å². The fourth-order valence-electron chi connectivity index (χ4n) is 1.41. The van der Waals surface area contributed by atoms with Gasteiger partial charge in [-0.05, 0) is 12.1 Å². The lowest BCUT2D eigenvalue weighted by atomic mass is 10.4. The summed E-state index contributed by atoms with van der Waals surface area (Å²) in [6.45, 7) is 3.62. The lowest BCUT2D eigenvalue weighted by molar-refractivity contribution is 0.0211. The lowest BCUT2D eigenvalue weighted by Crippen LogP contribution is -2.32. The van der Waals surface area contributed by atoms with Crippen molar-refractivity contribution in [2.24, 2.45) is 0 Å². The van der Waals surface area contributed by atoms with Gasteiger partial charge >= 0.3 is 0 Å². The van der Waals surface area contributed by atoms with Crippen molar-refractivity contribution in [2.45, 2.75) is 12.7 Å². The molecule has 0 aromatic carbocycles. The molecule has 19 heavy (non-hydrogen) atoms. The number of ether oxygens (including phenoxy) is 3. The highest BCUT2D eigenvalue weighted by atomic mass is 16.5. The first-order valence-electron chi connectivity index (χ1n) is 6.38. The molecule has 1 rings (SSSR count). The summed E-state index contributed by atoms with van der Waals surface area (Å²) in [6.07, 6.45) is 1.06. The Hall–Kier alpha value is -0.920. The molecule has 1 atom stereocenters. The van der Waals surface area contributed by atoms with Crippen LogP contribution >= 0.6 is 0 Å². The van der Waals surface area contributed by atoms with Crippen molar-refractivity contribution >= 4 is 0 Å². The zero-order valence-electron chi connectivity index (χ0n) is 11.3. The van der Waals surface area contributed by atoms with E-state index in [0.717, 1.165) is 5.76 Å². The van der Waals surface area contributed by atoms with Gasteiger partial charge in [-0.25, -0.2) is 0 Å². The highest BCUT2D eigenvalue weighted by Gasteiger charge is 2.04. The summed E-state index contributed by atoms with van der Waals surface area (Å²) in [5.41, 5.74) is 0. The minimum atomic E-state index is -0.533. The predicted octanol–water partition coefficient (Wildman–Crippen LogP) is 0.410. The van der Waals surface area contributed by atoms with Crippen LogP contribution in [0.15, 0.2) is 22.8 Å². The average molecular weight is 273 g/mol. The number of hydrogen-bond donors (Lipinski definition) is 2. The minimum absolute atomic E-state index is 0.276. The van der Waals surface area contributed by atoms with Gasteiger partial charge in [0.25, 0.3) is 0 Å². The average Bonchev–Trinajstić information content (AvgIpc) is 2.91. The Morgan fingerprint density at radius 2 is 2.21 bits per heavy atom. The second-order valence-electron chi connectivity index (χ2n) is 4.06. The summed E-state index contributed by atoms with van der Waals surface area (Å²) in [5.74, 6) is 0.756. The Kier molecular flexibility index (Phi) is 9.30. The standard InChI is InChI=1S/C13H23NO5/c1-16-7-8-17-6-4-14-9-12(15)10-18-11-13-3-2-5-19-13/h2-3,5,12,14-15H,4,6-11H2,1H3. The topological polar surface area (TPSA) is 73.1 Å². The minimum Gasteiger partial charge on any atom is -0.467 e. The third-order valence-electron chi connectivity index (χ3n) is 2.37. The molecule has 6 nitrogen and oxygen atoms in total. The second kappa shape index (κ2) is 11.0. The van der Waals surface area contributed by atoms with Crippen molar-refractivity contribution in [3.05, 3.63) is 24.2 Å². The smallest absolute Gasteiger partial charge is 0.129 e. The first-order valence-corrected chi connectivity index (χ1v) is 6.38. The first-order chi connectivity index (χ1) is 9.33. The van der Waals surface area contributed by atoms with E-state index < -0.39 is 6.10 Å². The normalized spacial score (nSPS) is 12.7. The summed E-state index contributed by atoms with van der Waals surface area (Å²) in [7, 11) is 1.64. The van der Waals surface area contributed by atoms with Gasteiger partial charge < -0.3 is 29.1 Å². The summed E-state index contributed by atoms with van der Waals surface area (Å²) in [6, 6.07) is 3.64. The molecule has 1 heterocycles. The second-order valence-corrected chi connectivity index (χ2v) is 4.06. The number of aliphatic hydroxyl groups excluding tert-OH is 1. The molecule has 0 spiro atoms. The van der Waals surface area contributed by atoms with Crippen LogP contribution in [0.1, 0.15) is 5.76 Å². The third-order valence-corrected chi connectivity index (χ3v) is 2.37. The fourth-order valence-corrected chi connectivity index (χ4v) is 1.41. The van der Waals surface area contributed by atoms with Crippen LogP contribution < -0.4 is 5.32 Å². The molecule has 110 valence electrons. The summed E-state index contributed by atoms with van der Waals surface area (Å²) in [4.78, 5) is 0. The highest BCUT2D eigenvalue weighted by Crippen LogP contribution is 2.01. The van der Waals surface area contributed by atoms with E-state index in [-0.39, 0.29) is 6.61 Å². The van der Waals surface area contributed by atoms with Crippen LogP contribution in [0.5, 0.6) is 0 Å². The first kappa shape index (κ1) is 16.1. The van der Waals surface area contributed by atoms with Gasteiger partial charge in [-0.2, -0.15) is 0 Å². The van der Waals surface area contributed by atoms with E-state index in [0.29, 0.717) is 39.5 Å². The molecule has 0 saturated carbocycles. The van der Waals surface area contributed by atoms with E-state index in [1.165, 1.54) is 0 Å². The summed E-state index contributed by atoms with van der Waals surface area (Å²) in [5, 5.41) is 12.7. The van der Waals surface area contributed by atoms with Crippen molar-refractivity contribution in [1.82, 2.24) is 5.32 Å². The van der Waals surface area contributed by atoms with Gasteiger partial charge in [0.2, 0.25) is 0 Å². The number of aliphatic hydroxyl groups is 1. The number of rotatable bonds is 12. The molecule has 0 amide bonds. The molecule has 1 unspecified atom stereocenters. The van der Waals surface area contributed by atoms with E-state index in [9.17, 15) is 5.11 Å². The zero-order valence-corrected chi connectivity index (χ0v) is 11.3. The quantitative estimate of drug-likeness (QED) is 0.537. The number of methoxy groups -OCH3 is 1. The van der Waals surface area contributed by atoms with Crippen molar-refractivity contribution in [3.63, 3.8) is 0 Å². The Morgan fingerprint density at radius 3 is 2.95 bits per heavy atom. The van der Waals surface area contributed by atoms with Crippen molar-refractivity contribution in [1.29, 1.82) is 0 Å². The van der Waals surface area contributed by atoms with Crippen LogP contribution in [0, 0.1) is 0 Å². The van der Waals surface area contributed by atoms with Crippen LogP contribution in [0.4, 0.5) is 0 Å². The maximum Gasteiger partial charge on any atom is 0.129 e. The SMILES string of the molecule is COCCOCCNCC(O)COCc1ccco1. The van der Waals surface area contributed by atoms with Crippen molar-refractivity contribution in [3.8, 4) is 0 Å². The molecule has 0 bridgehead atoms. The summed E-state index contributed by atoms with van der Waals surface area (Å²) >= 11 is 0. The van der Waals surface area contributed by atoms with E-state index in [2.05, 4.69) is 5.32 Å². The predicted molar refractivity (Wildman–Crippen MR) is 69.9 cm³/mol. The van der Waals surface area contributed by atoms with Gasteiger partial charge in [-0.15, -0.1) is 0 Å². The number of furan rings is 1. The van der Waals surface area contributed by atoms with E-state index in [1.54, 1.807) is 19.4 Å². The number of nitrogens with one attached hydrogen (secondary N) is 1. The lowest BCUT2D eigenvalue weighted by Gasteiger charge is -2.12. The molecule has 0 aliphatic heterocycles. The van der Waals surface area contributed by atoms with Crippen LogP contribution in [-0.2, 0) is 20.8 Å². The molecule has 0 aliphatic rings. The molecule has 0 fully saturated rings. The summed E-state index contributed by atoms with van der Waals surface area (Å²) < 4.78 is 20.6. The molecule has 0 radical (unpaired) electrons. The Morgan fingerprint density at radius 1 is 1.32 bits per heavy atom. The molecule has 2 N–H and O–H groups in total. The van der Waals surface area contributed by atoms with Gasteiger partial charge in [0.05, 0.1) is 38.8 Å². The molecule has 1 aromatic heterocycles. The van der Waals surface area contributed by atoms with E-state index >= 15 is 0 Å². The third kappa shape index (κ3) is 8.74. The maximum atomic E-state index is 9.64. The maximum absolute atomic E-state index is 9.64. The fraction of sp³-hybridized carbons (Fsp3) is 0.692. The Balaban J connectivity index is 1.86. The Bertz CT molecular complexity index is 291. The van der Waals surface area contributed by atoms with Crippen molar-refractivity contribution < 1.29 is 23.7 Å². The molecule has 1 aromatic rings. The van der Waals surface area contributed by atoms with Crippen molar-refractivity contribution in [2.75, 3.05) is 46.6 Å². The van der Waals surface area contributed by atoms with Gasteiger partial charge in [0, 0.05) is 20.2 Å². The van der Waals surface area contributed by atoms with Gasteiger partial charge in [0.15, 0.2) is 0 Å². The van der Waals surface area contributed by atoms with Crippen LogP contribution in [0.3, 0.4) is 0 Å². The Labute approximate surface area is 113 Å². The molecule has 0 aliphatic carbocycles. The number of hydrogen-bond acceptors (Lipinski definition) is 6. The molecule has 0 saturated heterocycles. The van der Waals surface area contributed by atoms with Gasteiger partial charge in [-0.1, -0.05) is 0 Å². The zero-order chi connectivity index (χ0) is 13.8. The highest BCUT2D eigenvalue weighted by molar-refractivity contribution is 4.96. The van der Waals surface area contributed by atoms with Crippen LogP contribution in [0.25, 0.3) is 0 Å². The molecular weight excluding hydrogens is 250 g/mol. The van der Waals surface area contributed by atoms with E-state index in [4.69, 9.17) is 18.6 Å². The van der Waals surface area contributed by atoms with Gasteiger partial charge in [0.1, 0.15) is 12.4 Å². The molecule has 6 heteroatoms.